The Morgan fingerprint density at radius 2 is 0.667 bits per heavy atom. The molecule has 0 aliphatic heterocycles. The highest BCUT2D eigenvalue weighted by Gasteiger charge is 2.23. The molecule has 0 heterocycles. The van der Waals surface area contributed by atoms with Crippen LogP contribution in [-0.4, -0.2) is 46.0 Å². The van der Waals surface area contributed by atoms with Crippen LogP contribution in [0, 0.1) is 0 Å². The first kappa shape index (κ1) is 23.6. The van der Waals surface area contributed by atoms with Gasteiger partial charge >= 0.3 is 0 Å². The van der Waals surface area contributed by atoms with E-state index < -0.39 is 69.0 Å². The minimum atomic E-state index is -0.687. The summed E-state index contributed by atoms with van der Waals surface area (Å²) >= 11 is 0. The second-order valence-corrected chi connectivity index (χ2v) is 7.39. The van der Waals surface area contributed by atoms with Crippen LogP contribution in [0.2, 0.25) is 0 Å². The monoisotopic (exact) mass is 498 g/mol. The minimum absolute atomic E-state index is 0.161. The van der Waals surface area contributed by atoms with Crippen LogP contribution in [-0.2, 0) is 0 Å². The molecule has 4 aromatic rings. The number of benzene rings is 4. The quantitative estimate of drug-likeness (QED) is 0.181. The SMILES string of the molecule is Oc1cc(O)cc(Oc2c(Oc3c(O)cc(O)cc3O)cc(O)cc2Oc2c(O)cc(O)cc2O)c1. The van der Waals surface area contributed by atoms with Crippen LogP contribution in [0.25, 0.3) is 0 Å². The number of phenols is 9. The molecule has 4 rings (SSSR count). The average Bonchev–Trinajstić information content (AvgIpc) is 2.74. The highest BCUT2D eigenvalue weighted by atomic mass is 16.6. The summed E-state index contributed by atoms with van der Waals surface area (Å²) < 4.78 is 16.8. The van der Waals surface area contributed by atoms with Crippen LogP contribution in [0.15, 0.2) is 54.6 Å². The van der Waals surface area contributed by atoms with Gasteiger partial charge in [-0.3, -0.25) is 0 Å². The van der Waals surface area contributed by atoms with E-state index in [1.165, 1.54) is 0 Å². The molecular weight excluding hydrogens is 480 g/mol. The molecule has 4 aromatic carbocycles. The van der Waals surface area contributed by atoms with E-state index in [9.17, 15) is 46.0 Å². The van der Waals surface area contributed by atoms with Gasteiger partial charge < -0.3 is 60.2 Å². The van der Waals surface area contributed by atoms with Gasteiger partial charge in [0.25, 0.3) is 0 Å². The van der Waals surface area contributed by atoms with Crippen molar-refractivity contribution in [2.45, 2.75) is 0 Å². The second-order valence-electron chi connectivity index (χ2n) is 7.39. The summed E-state index contributed by atoms with van der Waals surface area (Å²) in [5.74, 6) is -7.40. The topological polar surface area (TPSA) is 210 Å². The molecular formula is C24H18O12. The molecule has 36 heavy (non-hydrogen) atoms. The Labute approximate surface area is 201 Å². The van der Waals surface area contributed by atoms with Crippen molar-refractivity contribution in [3.8, 4) is 86.2 Å². The number of ether oxygens (including phenoxy) is 3. The van der Waals surface area contributed by atoms with Crippen molar-refractivity contribution in [2.24, 2.45) is 0 Å². The number of rotatable bonds is 6. The summed E-state index contributed by atoms with van der Waals surface area (Å²) in [4.78, 5) is 0. The van der Waals surface area contributed by atoms with E-state index in [0.29, 0.717) is 0 Å². The van der Waals surface area contributed by atoms with Crippen molar-refractivity contribution in [1.82, 2.24) is 0 Å². The van der Waals surface area contributed by atoms with Gasteiger partial charge in [0.2, 0.25) is 17.2 Å². The van der Waals surface area contributed by atoms with Gasteiger partial charge in [0, 0.05) is 54.6 Å². The molecule has 12 heteroatoms. The third kappa shape index (κ3) is 4.87. The van der Waals surface area contributed by atoms with E-state index in [2.05, 4.69) is 0 Å². The molecule has 0 spiro atoms. The van der Waals surface area contributed by atoms with Gasteiger partial charge in [-0.2, -0.15) is 0 Å². The summed E-state index contributed by atoms with van der Waals surface area (Å²) in [5.41, 5.74) is 0. The molecule has 0 saturated heterocycles. The van der Waals surface area contributed by atoms with E-state index in [1.54, 1.807) is 0 Å². The molecule has 0 saturated carbocycles. The first-order chi connectivity index (χ1) is 17.0. The van der Waals surface area contributed by atoms with Gasteiger partial charge in [-0.05, 0) is 0 Å². The summed E-state index contributed by atoms with van der Waals surface area (Å²) in [6.07, 6.45) is 0. The third-order valence-corrected chi connectivity index (χ3v) is 4.59. The molecule has 0 aromatic heterocycles. The van der Waals surface area contributed by atoms with Crippen LogP contribution in [0.1, 0.15) is 0 Å². The molecule has 0 aliphatic carbocycles. The minimum Gasteiger partial charge on any atom is -0.508 e. The molecule has 0 unspecified atom stereocenters. The zero-order valence-electron chi connectivity index (χ0n) is 17.9. The zero-order chi connectivity index (χ0) is 26.1. The maximum Gasteiger partial charge on any atom is 0.212 e. The fourth-order valence-corrected chi connectivity index (χ4v) is 3.16. The lowest BCUT2D eigenvalue weighted by molar-refractivity contribution is 0.335. The summed E-state index contributed by atoms with van der Waals surface area (Å²) in [5, 5.41) is 89.4. The Kier molecular flexibility index (Phi) is 5.92. The zero-order valence-corrected chi connectivity index (χ0v) is 17.9. The first-order valence-corrected chi connectivity index (χ1v) is 9.93. The lowest BCUT2D eigenvalue weighted by atomic mass is 10.2. The molecule has 12 nitrogen and oxygen atoms in total. The fraction of sp³-hybridized carbons (Fsp3) is 0. The van der Waals surface area contributed by atoms with Gasteiger partial charge in [0.05, 0.1) is 0 Å². The fourth-order valence-electron chi connectivity index (χ4n) is 3.16. The Bertz CT molecular complexity index is 1320. The predicted octanol–water partition coefficient (Wildman–Crippen LogP) is 4.41. The maximum absolute atomic E-state index is 10.3. The normalized spacial score (nSPS) is 10.7. The second kappa shape index (κ2) is 9.02. The highest BCUT2D eigenvalue weighted by Crippen LogP contribution is 2.52. The number of aromatic hydroxyl groups is 9. The number of hydrogen-bond donors (Lipinski definition) is 9. The summed E-state index contributed by atoms with van der Waals surface area (Å²) in [6.45, 7) is 0. The van der Waals surface area contributed by atoms with Crippen LogP contribution in [0.3, 0.4) is 0 Å². The molecule has 0 fully saturated rings. The Hall–Kier alpha value is -5.52. The van der Waals surface area contributed by atoms with E-state index >= 15 is 0 Å². The van der Waals surface area contributed by atoms with E-state index in [0.717, 1.165) is 54.6 Å². The van der Waals surface area contributed by atoms with Gasteiger partial charge in [-0.25, -0.2) is 0 Å². The maximum atomic E-state index is 10.3. The summed E-state index contributed by atoms with van der Waals surface area (Å²) in [6, 6.07) is 8.70. The molecule has 9 N–H and O–H groups in total. The van der Waals surface area contributed by atoms with Crippen LogP contribution in [0.5, 0.6) is 86.2 Å². The molecule has 0 bridgehead atoms. The van der Waals surface area contributed by atoms with Crippen molar-refractivity contribution >= 4 is 0 Å². The summed E-state index contributed by atoms with van der Waals surface area (Å²) in [7, 11) is 0. The Morgan fingerprint density at radius 1 is 0.333 bits per heavy atom. The molecule has 0 amide bonds. The van der Waals surface area contributed by atoms with E-state index in [4.69, 9.17) is 14.2 Å². The Morgan fingerprint density at radius 3 is 1.06 bits per heavy atom. The molecule has 186 valence electrons. The van der Waals surface area contributed by atoms with Gasteiger partial charge in [0.15, 0.2) is 34.5 Å². The predicted molar refractivity (Wildman–Crippen MR) is 121 cm³/mol. The standard InChI is InChI=1S/C24H18O12/c25-10-1-11(26)3-15(2-10)34-24-20(35-22-16(30)4-12(27)5-17(22)31)8-14(29)9-21(24)36-23-18(32)6-13(28)7-19(23)33/h1-9,25-33H. The van der Waals surface area contributed by atoms with Gasteiger partial charge in [0.1, 0.15) is 34.5 Å². The lowest BCUT2D eigenvalue weighted by Gasteiger charge is -2.19. The van der Waals surface area contributed by atoms with E-state index in [1.807, 2.05) is 0 Å². The van der Waals surface area contributed by atoms with Crippen LogP contribution in [0.4, 0.5) is 0 Å². The van der Waals surface area contributed by atoms with E-state index in [-0.39, 0.29) is 17.2 Å². The largest absolute Gasteiger partial charge is 0.508 e. The van der Waals surface area contributed by atoms with Crippen molar-refractivity contribution < 1.29 is 60.2 Å². The molecule has 0 radical (unpaired) electrons. The van der Waals surface area contributed by atoms with Gasteiger partial charge in [-0.1, -0.05) is 0 Å². The average molecular weight is 498 g/mol. The van der Waals surface area contributed by atoms with Gasteiger partial charge in [-0.15, -0.1) is 0 Å². The molecule has 0 aliphatic rings. The highest BCUT2D eigenvalue weighted by molar-refractivity contribution is 5.64. The van der Waals surface area contributed by atoms with Crippen molar-refractivity contribution in [3.05, 3.63) is 54.6 Å². The van der Waals surface area contributed by atoms with Crippen molar-refractivity contribution in [1.29, 1.82) is 0 Å². The lowest BCUT2D eigenvalue weighted by Crippen LogP contribution is -1.96. The van der Waals surface area contributed by atoms with Crippen LogP contribution >= 0.6 is 0 Å². The van der Waals surface area contributed by atoms with Crippen molar-refractivity contribution in [2.75, 3.05) is 0 Å². The smallest absolute Gasteiger partial charge is 0.212 e. The Balaban J connectivity index is 1.88. The molecule has 0 atom stereocenters. The van der Waals surface area contributed by atoms with Crippen molar-refractivity contribution in [3.63, 3.8) is 0 Å². The van der Waals surface area contributed by atoms with Crippen LogP contribution < -0.4 is 14.2 Å². The number of hydrogen-bond acceptors (Lipinski definition) is 12. The first-order valence-electron chi connectivity index (χ1n) is 9.93. The number of phenolic OH excluding ortho intramolecular Hbond substituents is 9. The third-order valence-electron chi connectivity index (χ3n) is 4.59.